The molecular formula is C17H22FNO3. The molecule has 120 valence electrons. The number of carbonyl (C=O) groups excluding carboxylic acids is 2. The highest BCUT2D eigenvalue weighted by atomic mass is 19.1. The number of rotatable bonds is 5. The number of nitrogens with zero attached hydrogens (tertiary/aromatic N) is 1. The van der Waals surface area contributed by atoms with E-state index in [1.807, 2.05) is 0 Å². The van der Waals surface area contributed by atoms with Gasteiger partial charge < -0.3 is 10.0 Å². The van der Waals surface area contributed by atoms with Crippen molar-refractivity contribution in [2.45, 2.75) is 26.2 Å². The van der Waals surface area contributed by atoms with Crippen LogP contribution in [0.4, 0.5) is 4.39 Å². The minimum atomic E-state index is -0.483. The average Bonchev–Trinajstić information content (AvgIpc) is 2.54. The molecule has 1 N–H and O–H groups in total. The zero-order valence-electron chi connectivity index (χ0n) is 12.8. The third-order valence-corrected chi connectivity index (χ3v) is 4.17. The number of aliphatic hydroxyl groups excluding tert-OH is 1. The second kappa shape index (κ2) is 7.49. The fourth-order valence-corrected chi connectivity index (χ4v) is 2.85. The molecule has 1 amide bonds. The summed E-state index contributed by atoms with van der Waals surface area (Å²) in [5, 5.41) is 9.21. The maximum atomic E-state index is 13.2. The molecule has 1 fully saturated rings. The van der Waals surface area contributed by atoms with Gasteiger partial charge in [-0.2, -0.15) is 0 Å². The Morgan fingerprint density at radius 2 is 2.23 bits per heavy atom. The largest absolute Gasteiger partial charge is 0.396 e. The molecule has 0 aliphatic carbocycles. The molecule has 2 rings (SSSR count). The van der Waals surface area contributed by atoms with Gasteiger partial charge in [0.1, 0.15) is 5.82 Å². The Labute approximate surface area is 129 Å². The lowest BCUT2D eigenvalue weighted by Gasteiger charge is -2.32. The summed E-state index contributed by atoms with van der Waals surface area (Å²) in [5.74, 6) is -1.10. The van der Waals surface area contributed by atoms with Gasteiger partial charge in [0.15, 0.2) is 5.78 Å². The van der Waals surface area contributed by atoms with Crippen LogP contribution in [-0.4, -0.2) is 41.4 Å². The number of carbonyl (C=O) groups is 2. The second-order valence-corrected chi connectivity index (χ2v) is 6.01. The molecule has 5 heteroatoms. The number of likely N-dealkylation sites (tertiary alicyclic amines) is 1. The van der Waals surface area contributed by atoms with Crippen LogP contribution in [-0.2, 0) is 4.79 Å². The molecule has 1 saturated heterocycles. The second-order valence-electron chi connectivity index (χ2n) is 6.01. The molecule has 1 aliphatic heterocycles. The summed E-state index contributed by atoms with van der Waals surface area (Å²) < 4.78 is 13.2. The zero-order chi connectivity index (χ0) is 16.1. The Morgan fingerprint density at radius 3 is 2.91 bits per heavy atom. The molecule has 2 atom stereocenters. The molecule has 0 bridgehead atoms. The monoisotopic (exact) mass is 307 g/mol. The molecule has 1 heterocycles. The molecular weight excluding hydrogens is 285 g/mol. The van der Waals surface area contributed by atoms with Crippen LogP contribution < -0.4 is 0 Å². The van der Waals surface area contributed by atoms with E-state index in [0.717, 1.165) is 12.8 Å². The van der Waals surface area contributed by atoms with E-state index >= 15 is 0 Å². The van der Waals surface area contributed by atoms with Gasteiger partial charge in [-0.1, -0.05) is 19.1 Å². The molecule has 1 aliphatic rings. The average molecular weight is 307 g/mol. The van der Waals surface area contributed by atoms with Crippen LogP contribution in [0.2, 0.25) is 0 Å². The first-order valence-electron chi connectivity index (χ1n) is 7.69. The van der Waals surface area contributed by atoms with Crippen molar-refractivity contribution in [3.63, 3.8) is 0 Å². The van der Waals surface area contributed by atoms with Crippen molar-refractivity contribution in [3.8, 4) is 0 Å². The standard InChI is InChI=1S/C17H22FNO3/c1-12(17(22)14-5-2-6-15(18)9-14)8-16(21)19-7-3-4-13(10-19)11-20/h2,5-6,9,12-13,20H,3-4,7-8,10-11H2,1H3. The van der Waals surface area contributed by atoms with Gasteiger partial charge in [0.25, 0.3) is 0 Å². The lowest BCUT2D eigenvalue weighted by Crippen LogP contribution is -2.41. The summed E-state index contributed by atoms with van der Waals surface area (Å²) in [6, 6.07) is 5.55. The number of aliphatic hydroxyl groups is 1. The number of Topliss-reactive ketones (excluding diaryl/α,β-unsaturated/α-hetero) is 1. The summed E-state index contributed by atoms with van der Waals surface area (Å²) in [4.78, 5) is 26.3. The van der Waals surface area contributed by atoms with Gasteiger partial charge in [0.2, 0.25) is 5.91 Å². The molecule has 0 saturated carbocycles. The van der Waals surface area contributed by atoms with E-state index in [2.05, 4.69) is 0 Å². The highest BCUT2D eigenvalue weighted by Gasteiger charge is 2.26. The van der Waals surface area contributed by atoms with E-state index in [4.69, 9.17) is 0 Å². The Morgan fingerprint density at radius 1 is 1.45 bits per heavy atom. The maximum absolute atomic E-state index is 13.2. The first-order valence-corrected chi connectivity index (χ1v) is 7.69. The molecule has 0 aromatic heterocycles. The van der Waals surface area contributed by atoms with E-state index in [0.29, 0.717) is 18.7 Å². The zero-order valence-corrected chi connectivity index (χ0v) is 12.8. The summed E-state index contributed by atoms with van der Waals surface area (Å²) in [6.45, 7) is 3.01. The van der Waals surface area contributed by atoms with Crippen molar-refractivity contribution in [1.82, 2.24) is 4.90 Å². The number of benzene rings is 1. The molecule has 0 radical (unpaired) electrons. The van der Waals surface area contributed by atoms with Crippen molar-refractivity contribution >= 4 is 11.7 Å². The van der Waals surface area contributed by atoms with Crippen molar-refractivity contribution < 1.29 is 19.1 Å². The fraction of sp³-hybridized carbons (Fsp3) is 0.529. The van der Waals surface area contributed by atoms with Gasteiger partial charge in [0.05, 0.1) is 0 Å². The van der Waals surface area contributed by atoms with Gasteiger partial charge in [-0.15, -0.1) is 0 Å². The van der Waals surface area contributed by atoms with Crippen LogP contribution in [0.1, 0.15) is 36.5 Å². The summed E-state index contributed by atoms with van der Waals surface area (Å²) >= 11 is 0. The van der Waals surface area contributed by atoms with Gasteiger partial charge in [-0.05, 0) is 30.9 Å². The Bertz CT molecular complexity index is 546. The van der Waals surface area contributed by atoms with Crippen molar-refractivity contribution in [2.75, 3.05) is 19.7 Å². The third-order valence-electron chi connectivity index (χ3n) is 4.17. The number of hydrogen-bond acceptors (Lipinski definition) is 3. The van der Waals surface area contributed by atoms with E-state index in [-0.39, 0.29) is 30.6 Å². The smallest absolute Gasteiger partial charge is 0.223 e. The molecule has 1 aromatic rings. The number of hydrogen-bond donors (Lipinski definition) is 1. The summed E-state index contributed by atoms with van der Waals surface area (Å²) in [6.07, 6.45) is 1.93. The molecule has 22 heavy (non-hydrogen) atoms. The van der Waals surface area contributed by atoms with E-state index in [1.54, 1.807) is 17.9 Å². The quantitative estimate of drug-likeness (QED) is 0.849. The van der Waals surface area contributed by atoms with Crippen LogP contribution in [0.3, 0.4) is 0 Å². The number of ketones is 1. The van der Waals surface area contributed by atoms with Gasteiger partial charge in [-0.3, -0.25) is 9.59 Å². The van der Waals surface area contributed by atoms with Crippen LogP contribution >= 0.6 is 0 Å². The fourth-order valence-electron chi connectivity index (χ4n) is 2.85. The Hall–Kier alpha value is -1.75. The molecule has 2 unspecified atom stereocenters. The molecule has 0 spiro atoms. The highest BCUT2D eigenvalue weighted by molar-refractivity contribution is 5.99. The van der Waals surface area contributed by atoms with Crippen molar-refractivity contribution in [1.29, 1.82) is 0 Å². The molecule has 1 aromatic carbocycles. The number of halogens is 1. The number of amides is 1. The van der Waals surface area contributed by atoms with E-state index < -0.39 is 11.7 Å². The van der Waals surface area contributed by atoms with Crippen molar-refractivity contribution in [2.24, 2.45) is 11.8 Å². The summed E-state index contributed by atoms with van der Waals surface area (Å²) in [5.41, 5.74) is 0.298. The SMILES string of the molecule is CC(CC(=O)N1CCCC(CO)C1)C(=O)c1cccc(F)c1. The first-order chi connectivity index (χ1) is 10.5. The van der Waals surface area contributed by atoms with E-state index in [1.165, 1.54) is 18.2 Å². The summed E-state index contributed by atoms with van der Waals surface area (Å²) in [7, 11) is 0. The Balaban J connectivity index is 1.94. The van der Waals surface area contributed by atoms with E-state index in [9.17, 15) is 19.1 Å². The number of piperidine rings is 1. The minimum Gasteiger partial charge on any atom is -0.396 e. The lowest BCUT2D eigenvalue weighted by atomic mass is 9.94. The molecule has 4 nitrogen and oxygen atoms in total. The third kappa shape index (κ3) is 4.13. The van der Waals surface area contributed by atoms with Gasteiger partial charge >= 0.3 is 0 Å². The lowest BCUT2D eigenvalue weighted by molar-refractivity contribution is -0.133. The van der Waals surface area contributed by atoms with Crippen LogP contribution in [0, 0.1) is 17.7 Å². The van der Waals surface area contributed by atoms with Crippen LogP contribution in [0.15, 0.2) is 24.3 Å². The van der Waals surface area contributed by atoms with Crippen LogP contribution in [0.25, 0.3) is 0 Å². The normalized spacial score (nSPS) is 19.8. The maximum Gasteiger partial charge on any atom is 0.223 e. The predicted molar refractivity (Wildman–Crippen MR) is 80.9 cm³/mol. The Kier molecular flexibility index (Phi) is 5.66. The minimum absolute atomic E-state index is 0.0737. The topological polar surface area (TPSA) is 57.6 Å². The van der Waals surface area contributed by atoms with Gasteiger partial charge in [0, 0.05) is 37.6 Å². The van der Waals surface area contributed by atoms with Crippen LogP contribution in [0.5, 0.6) is 0 Å². The highest BCUT2D eigenvalue weighted by Crippen LogP contribution is 2.19. The first kappa shape index (κ1) is 16.6. The predicted octanol–water partition coefficient (Wildman–Crippen LogP) is 2.27. The van der Waals surface area contributed by atoms with Crippen molar-refractivity contribution in [3.05, 3.63) is 35.6 Å². The van der Waals surface area contributed by atoms with Gasteiger partial charge in [-0.25, -0.2) is 4.39 Å².